The van der Waals surface area contributed by atoms with E-state index in [9.17, 15) is 9.59 Å². The van der Waals surface area contributed by atoms with Gasteiger partial charge in [-0.3, -0.25) is 9.59 Å². The largest absolute Gasteiger partial charge is 0.352 e. The highest BCUT2D eigenvalue weighted by Crippen LogP contribution is 2.20. The van der Waals surface area contributed by atoms with Crippen molar-refractivity contribution in [3.05, 3.63) is 70.0 Å². The van der Waals surface area contributed by atoms with E-state index < -0.39 is 0 Å². The molecular formula is C27H34N4O2. The monoisotopic (exact) mass is 446 g/mol. The second-order valence-electron chi connectivity index (χ2n) is 9.29. The van der Waals surface area contributed by atoms with Gasteiger partial charge in [-0.1, -0.05) is 50.2 Å². The van der Waals surface area contributed by atoms with E-state index in [1.165, 1.54) is 12.0 Å². The maximum Gasteiger partial charge on any atom is 0.294 e. The number of rotatable bonds is 7. The van der Waals surface area contributed by atoms with Crippen LogP contribution in [0.5, 0.6) is 0 Å². The maximum absolute atomic E-state index is 13.4. The lowest BCUT2D eigenvalue weighted by Crippen LogP contribution is -2.37. The molecule has 6 nitrogen and oxygen atoms in total. The van der Waals surface area contributed by atoms with Gasteiger partial charge in [0.25, 0.3) is 5.56 Å². The lowest BCUT2D eigenvalue weighted by Gasteiger charge is -2.28. The molecule has 1 saturated heterocycles. The van der Waals surface area contributed by atoms with E-state index in [1.54, 1.807) is 4.57 Å². The lowest BCUT2D eigenvalue weighted by atomic mass is 9.99. The Labute approximate surface area is 195 Å². The van der Waals surface area contributed by atoms with Gasteiger partial charge in [0.1, 0.15) is 0 Å². The average molecular weight is 447 g/mol. The molecule has 0 saturated carbocycles. The second kappa shape index (κ2) is 10.2. The Morgan fingerprint density at radius 2 is 1.64 bits per heavy atom. The fourth-order valence-corrected chi connectivity index (χ4v) is 4.49. The zero-order valence-electron chi connectivity index (χ0n) is 19.9. The first-order valence-corrected chi connectivity index (χ1v) is 12.1. The van der Waals surface area contributed by atoms with Crippen LogP contribution in [0.2, 0.25) is 0 Å². The van der Waals surface area contributed by atoms with Crippen molar-refractivity contribution in [1.82, 2.24) is 14.9 Å². The third-order valence-corrected chi connectivity index (χ3v) is 6.53. The summed E-state index contributed by atoms with van der Waals surface area (Å²) in [6.07, 6.45) is 3.58. The maximum atomic E-state index is 13.4. The quantitative estimate of drug-likeness (QED) is 0.567. The molecule has 0 aliphatic carbocycles. The molecule has 1 fully saturated rings. The summed E-state index contributed by atoms with van der Waals surface area (Å²) in [5.41, 5.74) is 3.81. The Kier molecular flexibility index (Phi) is 7.11. The number of amides is 1. The molecular weight excluding hydrogens is 412 g/mol. The Hall–Kier alpha value is -3.15. The van der Waals surface area contributed by atoms with Gasteiger partial charge in [0.05, 0.1) is 17.1 Å². The summed E-state index contributed by atoms with van der Waals surface area (Å²) < 4.78 is 1.72. The molecule has 0 spiro atoms. The molecule has 3 aromatic rings. The SMILES string of the molecule is CC(C)c1ccc(C(C)NC(=O)CCn2c(=O)c(N3CCCCC3)nc3ccccc32)cc1. The first-order chi connectivity index (χ1) is 15.9. The number of para-hydroxylation sites is 2. The van der Waals surface area contributed by atoms with Crippen LogP contribution in [0.1, 0.15) is 69.5 Å². The summed E-state index contributed by atoms with van der Waals surface area (Å²) in [5.74, 6) is 0.919. The first-order valence-electron chi connectivity index (χ1n) is 12.1. The minimum absolute atomic E-state index is 0.0669. The van der Waals surface area contributed by atoms with Gasteiger partial charge in [0.2, 0.25) is 5.91 Å². The minimum Gasteiger partial charge on any atom is -0.352 e. The number of aromatic nitrogens is 2. The van der Waals surface area contributed by atoms with E-state index >= 15 is 0 Å². The molecule has 1 atom stereocenters. The van der Waals surface area contributed by atoms with E-state index in [0.717, 1.165) is 42.5 Å². The van der Waals surface area contributed by atoms with Crippen molar-refractivity contribution in [2.75, 3.05) is 18.0 Å². The van der Waals surface area contributed by atoms with Crippen LogP contribution < -0.4 is 15.8 Å². The van der Waals surface area contributed by atoms with Crippen molar-refractivity contribution in [2.24, 2.45) is 0 Å². The molecule has 33 heavy (non-hydrogen) atoms. The number of carbonyl (C=O) groups excluding carboxylic acids is 1. The highest BCUT2D eigenvalue weighted by atomic mass is 16.2. The number of hydrogen-bond acceptors (Lipinski definition) is 4. The Morgan fingerprint density at radius 1 is 0.970 bits per heavy atom. The topological polar surface area (TPSA) is 67.2 Å². The second-order valence-corrected chi connectivity index (χ2v) is 9.29. The molecule has 2 heterocycles. The molecule has 1 aliphatic rings. The number of hydrogen-bond donors (Lipinski definition) is 1. The molecule has 1 amide bonds. The van der Waals surface area contributed by atoms with E-state index in [0.29, 0.717) is 18.3 Å². The fourth-order valence-electron chi connectivity index (χ4n) is 4.49. The fraction of sp³-hybridized carbons (Fsp3) is 0.444. The van der Waals surface area contributed by atoms with Crippen LogP contribution in [0.25, 0.3) is 11.0 Å². The van der Waals surface area contributed by atoms with Gasteiger partial charge in [-0.25, -0.2) is 4.98 Å². The van der Waals surface area contributed by atoms with Gasteiger partial charge in [0.15, 0.2) is 5.82 Å². The number of nitrogens with one attached hydrogen (secondary N) is 1. The van der Waals surface area contributed by atoms with Crippen LogP contribution in [0.4, 0.5) is 5.82 Å². The number of aryl methyl sites for hydroxylation is 1. The van der Waals surface area contributed by atoms with E-state index in [4.69, 9.17) is 0 Å². The Morgan fingerprint density at radius 3 is 2.33 bits per heavy atom. The number of piperidine rings is 1. The summed E-state index contributed by atoms with van der Waals surface area (Å²) in [6, 6.07) is 16.0. The normalized spacial score (nSPS) is 15.1. The van der Waals surface area contributed by atoms with Crippen LogP contribution in [-0.2, 0) is 11.3 Å². The zero-order chi connectivity index (χ0) is 23.4. The summed E-state index contributed by atoms with van der Waals surface area (Å²) >= 11 is 0. The molecule has 1 unspecified atom stereocenters. The first kappa shape index (κ1) is 23.0. The molecule has 1 aliphatic heterocycles. The van der Waals surface area contributed by atoms with Gasteiger partial charge in [-0.15, -0.1) is 0 Å². The Bertz CT molecular complexity index is 1160. The molecule has 6 heteroatoms. The summed E-state index contributed by atoms with van der Waals surface area (Å²) in [6.45, 7) is 8.37. The minimum atomic E-state index is -0.110. The number of nitrogens with zero attached hydrogens (tertiary/aromatic N) is 3. The van der Waals surface area contributed by atoms with E-state index in [1.807, 2.05) is 31.2 Å². The highest BCUT2D eigenvalue weighted by Gasteiger charge is 2.19. The summed E-state index contributed by atoms with van der Waals surface area (Å²) in [7, 11) is 0. The molecule has 1 N–H and O–H groups in total. The van der Waals surface area contributed by atoms with Gasteiger partial charge in [0, 0.05) is 26.1 Å². The molecule has 0 bridgehead atoms. The third kappa shape index (κ3) is 5.27. The number of fused-ring (bicyclic) bond motifs is 1. The number of anilines is 1. The number of benzene rings is 2. The zero-order valence-corrected chi connectivity index (χ0v) is 19.9. The van der Waals surface area contributed by atoms with Crippen molar-refractivity contribution >= 4 is 22.8 Å². The molecule has 4 rings (SSSR count). The summed E-state index contributed by atoms with van der Waals surface area (Å²) in [5, 5.41) is 3.08. The van der Waals surface area contributed by atoms with Crippen molar-refractivity contribution < 1.29 is 4.79 Å². The molecule has 0 radical (unpaired) electrons. The van der Waals surface area contributed by atoms with Crippen LogP contribution in [0.15, 0.2) is 53.3 Å². The van der Waals surface area contributed by atoms with Crippen molar-refractivity contribution in [1.29, 1.82) is 0 Å². The van der Waals surface area contributed by atoms with Crippen LogP contribution >= 0.6 is 0 Å². The van der Waals surface area contributed by atoms with Crippen LogP contribution in [0.3, 0.4) is 0 Å². The third-order valence-electron chi connectivity index (χ3n) is 6.53. The van der Waals surface area contributed by atoms with E-state index in [-0.39, 0.29) is 23.9 Å². The van der Waals surface area contributed by atoms with Gasteiger partial charge < -0.3 is 14.8 Å². The van der Waals surface area contributed by atoms with Crippen molar-refractivity contribution in [3.8, 4) is 0 Å². The lowest BCUT2D eigenvalue weighted by molar-refractivity contribution is -0.121. The van der Waals surface area contributed by atoms with Gasteiger partial charge >= 0.3 is 0 Å². The Balaban J connectivity index is 1.49. The van der Waals surface area contributed by atoms with Gasteiger partial charge in [-0.2, -0.15) is 0 Å². The van der Waals surface area contributed by atoms with Crippen molar-refractivity contribution in [3.63, 3.8) is 0 Å². The highest BCUT2D eigenvalue weighted by molar-refractivity contribution is 5.78. The predicted molar refractivity (Wildman–Crippen MR) is 134 cm³/mol. The van der Waals surface area contributed by atoms with Gasteiger partial charge in [-0.05, 0) is 55.4 Å². The summed E-state index contributed by atoms with van der Waals surface area (Å²) in [4.78, 5) is 32.9. The van der Waals surface area contributed by atoms with Crippen LogP contribution in [0, 0.1) is 0 Å². The average Bonchev–Trinajstić information content (AvgIpc) is 2.83. The molecule has 2 aromatic carbocycles. The molecule has 174 valence electrons. The number of carbonyl (C=O) groups is 1. The standard InChI is InChI=1S/C27H34N4O2/c1-19(2)21-11-13-22(14-12-21)20(3)28-25(32)15-18-31-24-10-6-5-9-23(24)29-26(27(31)33)30-16-7-4-8-17-30/h5-6,9-14,19-20H,4,7-8,15-18H2,1-3H3,(H,28,32). The predicted octanol–water partition coefficient (Wildman–Crippen LogP) is 4.78. The molecule has 1 aromatic heterocycles. The van der Waals surface area contributed by atoms with Crippen LogP contribution in [-0.4, -0.2) is 28.5 Å². The van der Waals surface area contributed by atoms with Crippen molar-refractivity contribution in [2.45, 2.75) is 65.0 Å². The van der Waals surface area contributed by atoms with E-state index in [2.05, 4.69) is 53.3 Å². The smallest absolute Gasteiger partial charge is 0.294 e.